The number of nitrogens with one attached hydrogen (secondary N) is 1. The van der Waals surface area contributed by atoms with E-state index in [2.05, 4.69) is 10.3 Å². The van der Waals surface area contributed by atoms with E-state index in [1.54, 1.807) is 0 Å². The van der Waals surface area contributed by atoms with E-state index in [0.29, 0.717) is 5.92 Å². The number of alkyl carbamates (subject to hydrolysis) is 1. The topological polar surface area (TPSA) is 64.1 Å². The molecule has 1 fully saturated rings. The zero-order valence-electron chi connectivity index (χ0n) is 14.6. The summed E-state index contributed by atoms with van der Waals surface area (Å²) in [5.41, 5.74) is 2.35. The standard InChI is InChI=1S/C19H25N3O2/c1-19(2,3)24-18(23)22-15-10-6-7-13(15)11-14-12-20-16-8-4-5-9-17(16)21-14/h4-5,8-9,12-13,15H,6-7,10-11H2,1-3H3,(H,22,23). The minimum Gasteiger partial charge on any atom is -0.444 e. The third kappa shape index (κ3) is 4.22. The number of rotatable bonds is 3. The first-order chi connectivity index (χ1) is 11.4. The van der Waals surface area contributed by atoms with E-state index in [-0.39, 0.29) is 12.1 Å². The van der Waals surface area contributed by atoms with Crippen molar-refractivity contribution in [3.05, 3.63) is 36.2 Å². The first-order valence-electron chi connectivity index (χ1n) is 8.61. The summed E-state index contributed by atoms with van der Waals surface area (Å²) in [5.74, 6) is 0.382. The highest BCUT2D eigenvalue weighted by atomic mass is 16.6. The molecule has 5 heteroatoms. The fraction of sp³-hybridized carbons (Fsp3) is 0.526. The zero-order chi connectivity index (χ0) is 17.2. The minimum atomic E-state index is -0.470. The Balaban J connectivity index is 1.65. The summed E-state index contributed by atoms with van der Waals surface area (Å²) in [6.07, 6.45) is 5.55. The molecule has 0 spiro atoms. The van der Waals surface area contributed by atoms with Gasteiger partial charge in [0.05, 0.1) is 16.7 Å². The van der Waals surface area contributed by atoms with Crippen LogP contribution in [0.25, 0.3) is 11.0 Å². The Kier molecular flexibility index (Phi) is 4.69. The number of amides is 1. The molecule has 5 nitrogen and oxygen atoms in total. The Hall–Kier alpha value is -2.17. The predicted molar refractivity (Wildman–Crippen MR) is 93.7 cm³/mol. The number of carbonyl (C=O) groups excluding carboxylic acids is 1. The number of hydrogen-bond acceptors (Lipinski definition) is 4. The number of carbonyl (C=O) groups is 1. The molecule has 0 aliphatic heterocycles. The second kappa shape index (κ2) is 6.75. The Labute approximate surface area is 142 Å². The van der Waals surface area contributed by atoms with Gasteiger partial charge in [-0.15, -0.1) is 0 Å². The quantitative estimate of drug-likeness (QED) is 0.929. The normalized spacial score (nSPS) is 21.0. The third-order valence-electron chi connectivity index (χ3n) is 4.33. The first-order valence-corrected chi connectivity index (χ1v) is 8.61. The van der Waals surface area contributed by atoms with E-state index in [4.69, 9.17) is 9.72 Å². The van der Waals surface area contributed by atoms with Crippen molar-refractivity contribution in [2.45, 2.75) is 58.1 Å². The Morgan fingerprint density at radius 2 is 2.00 bits per heavy atom. The summed E-state index contributed by atoms with van der Waals surface area (Å²) in [6.45, 7) is 5.64. The molecule has 2 unspecified atom stereocenters. The molecule has 1 aliphatic carbocycles. The molecule has 1 aromatic carbocycles. The van der Waals surface area contributed by atoms with Crippen LogP contribution in [0.4, 0.5) is 4.79 Å². The molecule has 2 atom stereocenters. The summed E-state index contributed by atoms with van der Waals surface area (Å²) < 4.78 is 5.38. The van der Waals surface area contributed by atoms with Crippen molar-refractivity contribution < 1.29 is 9.53 Å². The fourth-order valence-electron chi connectivity index (χ4n) is 3.29. The summed E-state index contributed by atoms with van der Waals surface area (Å²) >= 11 is 0. The van der Waals surface area contributed by atoms with Gasteiger partial charge in [-0.25, -0.2) is 9.78 Å². The number of fused-ring (bicyclic) bond motifs is 1. The van der Waals surface area contributed by atoms with Crippen molar-refractivity contribution in [2.75, 3.05) is 0 Å². The first kappa shape index (κ1) is 16.7. The Morgan fingerprint density at radius 1 is 1.25 bits per heavy atom. The minimum absolute atomic E-state index is 0.146. The lowest BCUT2D eigenvalue weighted by Crippen LogP contribution is -2.41. The van der Waals surface area contributed by atoms with Crippen LogP contribution >= 0.6 is 0 Å². The molecule has 1 aromatic heterocycles. The van der Waals surface area contributed by atoms with Crippen molar-refractivity contribution in [3.63, 3.8) is 0 Å². The smallest absolute Gasteiger partial charge is 0.407 e. The molecular formula is C19H25N3O2. The van der Waals surface area contributed by atoms with E-state index < -0.39 is 5.60 Å². The third-order valence-corrected chi connectivity index (χ3v) is 4.33. The van der Waals surface area contributed by atoms with Gasteiger partial charge < -0.3 is 10.1 Å². The lowest BCUT2D eigenvalue weighted by Gasteiger charge is -2.24. The number of ether oxygens (including phenoxy) is 1. The van der Waals surface area contributed by atoms with Crippen LogP contribution in [0.5, 0.6) is 0 Å². The lowest BCUT2D eigenvalue weighted by atomic mass is 9.98. The highest BCUT2D eigenvalue weighted by molar-refractivity contribution is 5.73. The number of benzene rings is 1. The number of nitrogens with zero attached hydrogens (tertiary/aromatic N) is 2. The van der Waals surface area contributed by atoms with Crippen molar-refractivity contribution >= 4 is 17.1 Å². The average Bonchev–Trinajstić information content (AvgIpc) is 2.92. The van der Waals surface area contributed by atoms with Crippen LogP contribution < -0.4 is 5.32 Å². The van der Waals surface area contributed by atoms with Crippen LogP contribution in [0.15, 0.2) is 30.5 Å². The van der Waals surface area contributed by atoms with E-state index >= 15 is 0 Å². The van der Waals surface area contributed by atoms with Gasteiger partial charge in [0, 0.05) is 12.2 Å². The molecular weight excluding hydrogens is 302 g/mol. The van der Waals surface area contributed by atoms with E-state index in [1.165, 1.54) is 0 Å². The number of para-hydroxylation sites is 2. The zero-order valence-corrected chi connectivity index (χ0v) is 14.6. The molecule has 1 aliphatic rings. The lowest BCUT2D eigenvalue weighted by molar-refractivity contribution is 0.0492. The highest BCUT2D eigenvalue weighted by Crippen LogP contribution is 2.29. The SMILES string of the molecule is CC(C)(C)OC(=O)NC1CCCC1Cc1cnc2ccccc2n1. The average molecular weight is 327 g/mol. The maximum absolute atomic E-state index is 12.0. The van der Waals surface area contributed by atoms with Gasteiger partial charge in [0.1, 0.15) is 5.60 Å². The predicted octanol–water partition coefficient (Wildman–Crippen LogP) is 3.87. The van der Waals surface area contributed by atoms with Gasteiger partial charge >= 0.3 is 6.09 Å². The van der Waals surface area contributed by atoms with Gasteiger partial charge in [0.2, 0.25) is 0 Å². The van der Waals surface area contributed by atoms with Crippen LogP contribution in [0.3, 0.4) is 0 Å². The second-order valence-corrected chi connectivity index (χ2v) is 7.50. The molecule has 128 valence electrons. The number of hydrogen-bond donors (Lipinski definition) is 1. The molecule has 0 radical (unpaired) electrons. The van der Waals surface area contributed by atoms with Gasteiger partial charge in [-0.2, -0.15) is 0 Å². The molecule has 1 saturated carbocycles. The second-order valence-electron chi connectivity index (χ2n) is 7.50. The van der Waals surface area contributed by atoms with Crippen LogP contribution in [-0.4, -0.2) is 27.7 Å². The monoisotopic (exact) mass is 327 g/mol. The molecule has 1 amide bonds. The summed E-state index contributed by atoms with van der Waals surface area (Å²) in [4.78, 5) is 21.2. The van der Waals surface area contributed by atoms with Gasteiger partial charge in [-0.05, 0) is 58.1 Å². The van der Waals surface area contributed by atoms with Crippen molar-refractivity contribution in [2.24, 2.45) is 5.92 Å². The Bertz CT molecular complexity index is 724. The van der Waals surface area contributed by atoms with E-state index in [1.807, 2.05) is 51.2 Å². The van der Waals surface area contributed by atoms with Crippen LogP contribution in [0.1, 0.15) is 45.7 Å². The molecule has 3 rings (SSSR count). The van der Waals surface area contributed by atoms with Gasteiger partial charge in [0.15, 0.2) is 0 Å². The van der Waals surface area contributed by atoms with Crippen LogP contribution in [0, 0.1) is 5.92 Å². The van der Waals surface area contributed by atoms with Crippen LogP contribution in [0.2, 0.25) is 0 Å². The van der Waals surface area contributed by atoms with Crippen molar-refractivity contribution in [3.8, 4) is 0 Å². The van der Waals surface area contributed by atoms with E-state index in [9.17, 15) is 4.79 Å². The van der Waals surface area contributed by atoms with Crippen molar-refractivity contribution in [1.82, 2.24) is 15.3 Å². The van der Waals surface area contributed by atoms with Crippen molar-refractivity contribution in [1.29, 1.82) is 0 Å². The van der Waals surface area contributed by atoms with E-state index in [0.717, 1.165) is 42.4 Å². The maximum Gasteiger partial charge on any atom is 0.407 e. The molecule has 1 heterocycles. The Morgan fingerprint density at radius 3 is 2.75 bits per heavy atom. The molecule has 0 saturated heterocycles. The molecule has 1 N–H and O–H groups in total. The fourth-order valence-corrected chi connectivity index (χ4v) is 3.29. The summed E-state index contributed by atoms with van der Waals surface area (Å²) in [5, 5.41) is 3.03. The van der Waals surface area contributed by atoms with Gasteiger partial charge in [-0.1, -0.05) is 18.6 Å². The van der Waals surface area contributed by atoms with Crippen LogP contribution in [-0.2, 0) is 11.2 Å². The van der Waals surface area contributed by atoms with Gasteiger partial charge in [0.25, 0.3) is 0 Å². The highest BCUT2D eigenvalue weighted by Gasteiger charge is 2.30. The maximum atomic E-state index is 12.0. The summed E-state index contributed by atoms with van der Waals surface area (Å²) in [6, 6.07) is 8.04. The molecule has 0 bridgehead atoms. The molecule has 2 aromatic rings. The number of aromatic nitrogens is 2. The molecule has 24 heavy (non-hydrogen) atoms. The largest absolute Gasteiger partial charge is 0.444 e. The van der Waals surface area contributed by atoms with Gasteiger partial charge in [-0.3, -0.25) is 4.98 Å². The summed E-state index contributed by atoms with van der Waals surface area (Å²) in [7, 11) is 0.